The second-order valence-electron chi connectivity index (χ2n) is 7.82. The molecule has 1 unspecified atom stereocenters. The maximum atomic E-state index is 13.3. The molecule has 1 aromatic carbocycles. The Labute approximate surface area is 176 Å². The molecule has 0 radical (unpaired) electrons. The van der Waals surface area contributed by atoms with Crippen LogP contribution in [0.25, 0.3) is 11.2 Å². The number of piperidine rings is 1. The minimum absolute atomic E-state index is 0.0824. The summed E-state index contributed by atoms with van der Waals surface area (Å²) >= 11 is 0. The first-order chi connectivity index (χ1) is 14.6. The maximum Gasteiger partial charge on any atom is 0.279 e. The van der Waals surface area contributed by atoms with Crippen molar-refractivity contribution in [3.05, 3.63) is 52.1 Å². The summed E-state index contributed by atoms with van der Waals surface area (Å²) < 4.78 is 3.55. The van der Waals surface area contributed by atoms with Crippen LogP contribution in [0.1, 0.15) is 31.2 Å². The van der Waals surface area contributed by atoms with Crippen molar-refractivity contribution in [1.29, 1.82) is 0 Å². The van der Waals surface area contributed by atoms with E-state index in [-0.39, 0.29) is 11.6 Å². The van der Waals surface area contributed by atoms with E-state index in [1.165, 1.54) is 5.56 Å². The van der Waals surface area contributed by atoms with Gasteiger partial charge in [-0.3, -0.25) is 13.9 Å². The molecular weight excluding hydrogens is 376 g/mol. The van der Waals surface area contributed by atoms with Crippen LogP contribution in [-0.2, 0) is 26.4 Å². The summed E-state index contributed by atoms with van der Waals surface area (Å²) in [5, 5.41) is 0. The number of aryl methyl sites for hydroxylation is 2. The molecule has 2 aromatic heterocycles. The first-order valence-electron chi connectivity index (χ1n) is 10.5. The zero-order valence-corrected chi connectivity index (χ0v) is 17.6. The number of hydrogen-bond acceptors (Lipinski definition) is 5. The number of fused-ring (bicyclic) bond motifs is 1. The van der Waals surface area contributed by atoms with E-state index < -0.39 is 0 Å². The summed E-state index contributed by atoms with van der Waals surface area (Å²) in [6, 6.07) is 10.3. The van der Waals surface area contributed by atoms with E-state index in [1.807, 2.05) is 22.8 Å². The quantitative estimate of drug-likeness (QED) is 0.657. The second-order valence-corrected chi connectivity index (χ2v) is 7.82. The molecular formula is C23H28N6O. The van der Waals surface area contributed by atoms with Crippen LogP contribution in [0.5, 0.6) is 0 Å². The Morgan fingerprint density at radius 2 is 2.00 bits per heavy atom. The zero-order chi connectivity index (χ0) is 21.1. The molecule has 1 aliphatic heterocycles. The highest BCUT2D eigenvalue weighted by Gasteiger charge is 2.25. The standard InChI is InChI=1S/C23H28N6O/c1-3-4-15-29-20-21(26-23(29)28-14-8-11-18(24)16-28)25-19(27(2)22(20)30)13-12-17-9-6-5-7-10-17/h5-7,9-10,18H,8,11-16,24H2,1-2H3. The predicted molar refractivity (Wildman–Crippen MR) is 119 cm³/mol. The van der Waals surface area contributed by atoms with E-state index in [0.29, 0.717) is 24.1 Å². The third-order valence-corrected chi connectivity index (χ3v) is 5.69. The fraction of sp³-hybridized carbons (Fsp3) is 0.435. The van der Waals surface area contributed by atoms with Crippen molar-refractivity contribution in [2.75, 3.05) is 18.0 Å². The van der Waals surface area contributed by atoms with E-state index >= 15 is 0 Å². The summed E-state index contributed by atoms with van der Waals surface area (Å²) in [5.41, 5.74) is 8.34. The van der Waals surface area contributed by atoms with Crippen molar-refractivity contribution < 1.29 is 0 Å². The monoisotopic (exact) mass is 404 g/mol. The van der Waals surface area contributed by atoms with Gasteiger partial charge in [0.15, 0.2) is 11.2 Å². The molecule has 1 fully saturated rings. The maximum absolute atomic E-state index is 13.3. The topological polar surface area (TPSA) is 82.0 Å². The molecule has 1 aliphatic rings. The highest BCUT2D eigenvalue weighted by molar-refractivity contribution is 5.74. The van der Waals surface area contributed by atoms with Crippen molar-refractivity contribution in [1.82, 2.24) is 19.1 Å². The molecule has 0 bridgehead atoms. The van der Waals surface area contributed by atoms with E-state index in [2.05, 4.69) is 28.9 Å². The van der Waals surface area contributed by atoms with Gasteiger partial charge in [0.2, 0.25) is 5.95 Å². The molecule has 1 saturated heterocycles. The van der Waals surface area contributed by atoms with Gasteiger partial charge >= 0.3 is 0 Å². The minimum atomic E-state index is -0.0824. The van der Waals surface area contributed by atoms with Gasteiger partial charge in [-0.2, -0.15) is 4.98 Å². The largest absolute Gasteiger partial charge is 0.341 e. The second kappa shape index (κ2) is 8.72. The zero-order valence-electron chi connectivity index (χ0n) is 17.6. The van der Waals surface area contributed by atoms with E-state index in [9.17, 15) is 4.79 Å². The predicted octanol–water partition coefficient (Wildman–Crippen LogP) is 1.87. The summed E-state index contributed by atoms with van der Waals surface area (Å²) in [6.07, 6.45) is 3.52. The van der Waals surface area contributed by atoms with E-state index in [0.717, 1.165) is 44.1 Å². The SMILES string of the molecule is CC#CCn1c(N2CCCC(N)C2)nc2nc(CCc3ccccc3)n(C)c(=O)c21. The molecule has 3 heterocycles. The number of benzene rings is 1. The first-order valence-corrected chi connectivity index (χ1v) is 10.5. The van der Waals surface area contributed by atoms with Crippen LogP contribution >= 0.6 is 0 Å². The summed E-state index contributed by atoms with van der Waals surface area (Å²) in [7, 11) is 1.79. The Balaban J connectivity index is 1.76. The lowest BCUT2D eigenvalue weighted by Gasteiger charge is -2.31. The van der Waals surface area contributed by atoms with Gasteiger partial charge in [0, 0.05) is 32.6 Å². The minimum Gasteiger partial charge on any atom is -0.341 e. The molecule has 0 saturated carbocycles. The normalized spacial score (nSPS) is 16.5. The average molecular weight is 405 g/mol. The Bertz CT molecular complexity index is 1150. The Morgan fingerprint density at radius 1 is 1.20 bits per heavy atom. The summed E-state index contributed by atoms with van der Waals surface area (Å²) in [5.74, 6) is 7.49. The van der Waals surface area contributed by atoms with Crippen LogP contribution < -0.4 is 16.2 Å². The highest BCUT2D eigenvalue weighted by atomic mass is 16.1. The van der Waals surface area contributed by atoms with E-state index in [4.69, 9.17) is 15.7 Å². The van der Waals surface area contributed by atoms with Crippen LogP contribution in [0.3, 0.4) is 0 Å². The lowest BCUT2D eigenvalue weighted by atomic mass is 10.1. The summed E-state index contributed by atoms with van der Waals surface area (Å²) in [4.78, 5) is 25.0. The molecule has 0 amide bonds. The molecule has 7 nitrogen and oxygen atoms in total. The van der Waals surface area contributed by atoms with Crippen molar-refractivity contribution in [2.45, 2.75) is 45.2 Å². The van der Waals surface area contributed by atoms with Gasteiger partial charge in [-0.15, -0.1) is 5.92 Å². The van der Waals surface area contributed by atoms with Crippen molar-refractivity contribution in [3.63, 3.8) is 0 Å². The smallest absolute Gasteiger partial charge is 0.279 e. The van der Waals surface area contributed by atoms with Gasteiger partial charge in [0.25, 0.3) is 5.56 Å². The van der Waals surface area contributed by atoms with Crippen molar-refractivity contribution >= 4 is 17.1 Å². The van der Waals surface area contributed by atoms with Gasteiger partial charge in [-0.05, 0) is 31.7 Å². The molecule has 156 valence electrons. The molecule has 7 heteroatoms. The Hall–Kier alpha value is -3.11. The number of anilines is 1. The Kier molecular flexibility index (Phi) is 5.86. The van der Waals surface area contributed by atoms with Crippen LogP contribution in [0.4, 0.5) is 5.95 Å². The first kappa shape index (κ1) is 20.2. The van der Waals surface area contributed by atoms with Gasteiger partial charge in [0.05, 0.1) is 6.54 Å². The lowest BCUT2D eigenvalue weighted by Crippen LogP contribution is -2.44. The fourth-order valence-electron chi connectivity index (χ4n) is 4.06. The van der Waals surface area contributed by atoms with Gasteiger partial charge in [0.1, 0.15) is 5.82 Å². The van der Waals surface area contributed by atoms with Gasteiger partial charge in [-0.25, -0.2) is 4.98 Å². The molecule has 30 heavy (non-hydrogen) atoms. The summed E-state index contributed by atoms with van der Waals surface area (Å²) in [6.45, 7) is 3.81. The molecule has 0 spiro atoms. The third kappa shape index (κ3) is 3.96. The third-order valence-electron chi connectivity index (χ3n) is 5.69. The van der Waals surface area contributed by atoms with Gasteiger partial charge < -0.3 is 10.6 Å². The lowest BCUT2D eigenvalue weighted by molar-refractivity contribution is 0.496. The van der Waals surface area contributed by atoms with Crippen molar-refractivity contribution in [3.8, 4) is 11.8 Å². The van der Waals surface area contributed by atoms with Crippen LogP contribution in [0, 0.1) is 11.8 Å². The highest BCUT2D eigenvalue weighted by Crippen LogP contribution is 2.23. The molecule has 4 rings (SSSR count). The van der Waals surface area contributed by atoms with Crippen molar-refractivity contribution in [2.24, 2.45) is 12.8 Å². The number of nitrogens with zero attached hydrogens (tertiary/aromatic N) is 5. The van der Waals surface area contributed by atoms with Crippen LogP contribution in [0.15, 0.2) is 35.1 Å². The number of imidazole rings is 1. The molecule has 3 aromatic rings. The van der Waals surface area contributed by atoms with Gasteiger partial charge in [-0.1, -0.05) is 36.3 Å². The molecule has 1 atom stereocenters. The number of hydrogen-bond donors (Lipinski definition) is 1. The fourth-order valence-corrected chi connectivity index (χ4v) is 4.06. The number of rotatable bonds is 5. The van der Waals surface area contributed by atoms with Crippen LogP contribution in [0.2, 0.25) is 0 Å². The molecule has 0 aliphatic carbocycles. The number of aromatic nitrogens is 4. The molecule has 2 N–H and O–H groups in total. The average Bonchev–Trinajstić information content (AvgIpc) is 3.13. The number of nitrogens with two attached hydrogens (primary N) is 1. The van der Waals surface area contributed by atoms with E-state index in [1.54, 1.807) is 18.5 Å². The van der Waals surface area contributed by atoms with Crippen LogP contribution in [-0.4, -0.2) is 38.2 Å². The Morgan fingerprint density at radius 3 is 2.73 bits per heavy atom.